The summed E-state index contributed by atoms with van der Waals surface area (Å²) in [6.07, 6.45) is 0. The van der Waals surface area contributed by atoms with Gasteiger partial charge in [0.05, 0.1) is 19.9 Å². The molecule has 0 unspecified atom stereocenters. The Hall–Kier alpha value is -3.31. The molecule has 0 aliphatic carbocycles. The van der Waals surface area contributed by atoms with Gasteiger partial charge >= 0.3 is 0 Å². The summed E-state index contributed by atoms with van der Waals surface area (Å²) < 4.78 is 10.8. The molecule has 0 heterocycles. The second-order valence-electron chi connectivity index (χ2n) is 7.27. The van der Waals surface area contributed by atoms with Crippen LogP contribution in [0, 0.1) is 6.92 Å². The molecule has 5 nitrogen and oxygen atoms in total. The van der Waals surface area contributed by atoms with E-state index >= 15 is 0 Å². The van der Waals surface area contributed by atoms with E-state index in [1.807, 2.05) is 91.7 Å². The number of aryl methyl sites for hydroxylation is 1. The van der Waals surface area contributed by atoms with Crippen LogP contribution in [0.3, 0.4) is 0 Å². The highest BCUT2D eigenvalue weighted by molar-refractivity contribution is 5.96. The molecule has 0 aliphatic heterocycles. The first-order valence-electron chi connectivity index (χ1n) is 9.85. The molecule has 0 spiro atoms. The molecule has 5 heteroatoms. The molecule has 0 aliphatic rings. The highest BCUT2D eigenvalue weighted by atomic mass is 16.5. The lowest BCUT2D eigenvalue weighted by Crippen LogP contribution is -2.34. The molecule has 0 saturated heterocycles. The first-order valence-corrected chi connectivity index (χ1v) is 9.85. The number of methoxy groups -OCH3 is 2. The molecule has 1 atom stereocenters. The molecule has 0 aromatic heterocycles. The summed E-state index contributed by atoms with van der Waals surface area (Å²) in [5.41, 5.74) is 3.70. The number of rotatable bonds is 8. The monoisotopic (exact) mass is 404 g/mol. The quantitative estimate of drug-likeness (QED) is 0.585. The van der Waals surface area contributed by atoms with Crippen molar-refractivity contribution in [2.75, 3.05) is 26.6 Å². The van der Waals surface area contributed by atoms with Crippen LogP contribution in [0.15, 0.2) is 72.8 Å². The van der Waals surface area contributed by atoms with E-state index in [4.69, 9.17) is 9.47 Å². The molecule has 3 aromatic rings. The van der Waals surface area contributed by atoms with Gasteiger partial charge in [-0.25, -0.2) is 0 Å². The Balaban J connectivity index is 1.89. The maximum atomic E-state index is 13.4. The third-order valence-electron chi connectivity index (χ3n) is 4.98. The van der Waals surface area contributed by atoms with E-state index in [1.165, 1.54) is 0 Å². The Kier molecular flexibility index (Phi) is 7.09. The maximum absolute atomic E-state index is 13.4. The summed E-state index contributed by atoms with van der Waals surface area (Å²) in [6.45, 7) is 2.58. The number of anilines is 1. The number of hydrogen-bond donors (Lipinski definition) is 1. The molecule has 0 saturated carbocycles. The fourth-order valence-corrected chi connectivity index (χ4v) is 3.51. The number of ether oxygens (including phenoxy) is 2. The Morgan fingerprint density at radius 1 is 0.967 bits per heavy atom. The van der Waals surface area contributed by atoms with Gasteiger partial charge in [0.1, 0.15) is 17.5 Å². The molecule has 0 fully saturated rings. The Labute approximate surface area is 178 Å². The highest BCUT2D eigenvalue weighted by Gasteiger charge is 2.26. The number of nitrogens with zero attached hydrogens (tertiary/aromatic N) is 1. The van der Waals surface area contributed by atoms with E-state index in [9.17, 15) is 4.79 Å². The zero-order valence-electron chi connectivity index (χ0n) is 17.9. The first-order chi connectivity index (χ1) is 14.5. The molecule has 0 bridgehead atoms. The van der Waals surface area contributed by atoms with Crippen molar-refractivity contribution < 1.29 is 14.3 Å². The number of likely N-dealkylation sites (N-methyl/N-ethyl adjacent to an activating group) is 1. The summed E-state index contributed by atoms with van der Waals surface area (Å²) in [5, 5.41) is 3.06. The van der Waals surface area contributed by atoms with Gasteiger partial charge in [-0.3, -0.25) is 9.69 Å². The lowest BCUT2D eigenvalue weighted by Gasteiger charge is -2.28. The molecule has 3 aromatic carbocycles. The van der Waals surface area contributed by atoms with Gasteiger partial charge in [-0.1, -0.05) is 48.5 Å². The predicted molar refractivity (Wildman–Crippen MR) is 120 cm³/mol. The van der Waals surface area contributed by atoms with Crippen LogP contribution in [0.4, 0.5) is 5.69 Å². The van der Waals surface area contributed by atoms with E-state index in [0.29, 0.717) is 18.0 Å². The lowest BCUT2D eigenvalue weighted by molar-refractivity contribution is -0.121. The lowest BCUT2D eigenvalue weighted by atomic mass is 10.0. The molecule has 0 radical (unpaired) electrons. The Morgan fingerprint density at radius 3 is 2.43 bits per heavy atom. The topological polar surface area (TPSA) is 50.8 Å². The molecule has 1 N–H and O–H groups in total. The van der Waals surface area contributed by atoms with E-state index < -0.39 is 6.04 Å². The smallest absolute Gasteiger partial charge is 0.246 e. The van der Waals surface area contributed by atoms with E-state index in [1.54, 1.807) is 14.2 Å². The van der Waals surface area contributed by atoms with Crippen molar-refractivity contribution in [1.82, 2.24) is 4.90 Å². The van der Waals surface area contributed by atoms with Crippen LogP contribution in [0.2, 0.25) is 0 Å². The normalized spacial score (nSPS) is 11.8. The van der Waals surface area contributed by atoms with Crippen LogP contribution in [0.5, 0.6) is 11.5 Å². The number of carbonyl (C=O) groups excluding carboxylic acids is 1. The minimum Gasteiger partial charge on any atom is -0.497 e. The van der Waals surface area contributed by atoms with E-state index in [-0.39, 0.29) is 5.91 Å². The minimum atomic E-state index is -0.470. The third kappa shape index (κ3) is 5.19. The van der Waals surface area contributed by atoms with Crippen molar-refractivity contribution in [3.05, 3.63) is 89.5 Å². The van der Waals surface area contributed by atoms with Crippen LogP contribution < -0.4 is 14.8 Å². The zero-order chi connectivity index (χ0) is 21.5. The largest absolute Gasteiger partial charge is 0.497 e. The second-order valence-corrected chi connectivity index (χ2v) is 7.27. The predicted octanol–water partition coefficient (Wildman–Crippen LogP) is 4.82. The van der Waals surface area contributed by atoms with Gasteiger partial charge in [-0.2, -0.15) is 0 Å². The number of carbonyl (C=O) groups is 1. The molecular weight excluding hydrogens is 376 g/mol. The van der Waals surface area contributed by atoms with Gasteiger partial charge in [-0.15, -0.1) is 0 Å². The molecule has 30 heavy (non-hydrogen) atoms. The van der Waals surface area contributed by atoms with Gasteiger partial charge in [-0.05, 0) is 54.9 Å². The maximum Gasteiger partial charge on any atom is 0.246 e. The average molecular weight is 405 g/mol. The molecule has 156 valence electrons. The number of amides is 1. The van der Waals surface area contributed by atoms with E-state index in [2.05, 4.69) is 5.32 Å². The van der Waals surface area contributed by atoms with Crippen LogP contribution in [-0.4, -0.2) is 32.1 Å². The van der Waals surface area contributed by atoms with Crippen molar-refractivity contribution >= 4 is 11.6 Å². The fourth-order valence-electron chi connectivity index (χ4n) is 3.51. The van der Waals surface area contributed by atoms with Crippen molar-refractivity contribution in [1.29, 1.82) is 0 Å². The Morgan fingerprint density at radius 2 is 1.73 bits per heavy atom. The summed E-state index contributed by atoms with van der Waals surface area (Å²) in [5.74, 6) is 1.32. The molecule has 1 amide bonds. The molecular formula is C25H28N2O3. The first kappa shape index (κ1) is 21.4. The SMILES string of the molecule is COc1cccc(CN(C)[C@H](C(=O)Nc2cc(C)ccc2OC)c2ccccc2)c1. The van der Waals surface area contributed by atoms with Crippen LogP contribution in [0.25, 0.3) is 0 Å². The minimum absolute atomic E-state index is 0.115. The van der Waals surface area contributed by atoms with Gasteiger partial charge < -0.3 is 14.8 Å². The van der Waals surface area contributed by atoms with Crippen LogP contribution in [0.1, 0.15) is 22.7 Å². The van der Waals surface area contributed by atoms with Crippen molar-refractivity contribution in [2.24, 2.45) is 0 Å². The second kappa shape index (κ2) is 9.94. The van der Waals surface area contributed by atoms with Crippen LogP contribution >= 0.6 is 0 Å². The summed E-state index contributed by atoms with van der Waals surface area (Å²) >= 11 is 0. The van der Waals surface area contributed by atoms with Gasteiger partial charge in [0.2, 0.25) is 5.91 Å². The van der Waals surface area contributed by atoms with Gasteiger partial charge in [0.15, 0.2) is 0 Å². The van der Waals surface area contributed by atoms with Gasteiger partial charge in [0.25, 0.3) is 0 Å². The average Bonchev–Trinajstić information content (AvgIpc) is 2.75. The zero-order valence-corrected chi connectivity index (χ0v) is 17.9. The number of hydrogen-bond acceptors (Lipinski definition) is 4. The van der Waals surface area contributed by atoms with Crippen LogP contribution in [-0.2, 0) is 11.3 Å². The Bertz CT molecular complexity index is 989. The molecule has 3 rings (SSSR count). The number of nitrogens with one attached hydrogen (secondary N) is 1. The fraction of sp³-hybridized carbons (Fsp3) is 0.240. The van der Waals surface area contributed by atoms with Crippen molar-refractivity contribution in [2.45, 2.75) is 19.5 Å². The highest BCUT2D eigenvalue weighted by Crippen LogP contribution is 2.29. The summed E-state index contributed by atoms with van der Waals surface area (Å²) in [4.78, 5) is 15.4. The number of benzene rings is 3. The third-order valence-corrected chi connectivity index (χ3v) is 4.98. The standard InChI is InChI=1S/C25H28N2O3/c1-18-13-14-23(30-4)22(15-18)26-25(28)24(20-10-6-5-7-11-20)27(2)17-19-9-8-12-21(16-19)29-3/h5-16,24H,17H2,1-4H3,(H,26,28)/t24-/m0/s1. The van der Waals surface area contributed by atoms with E-state index in [0.717, 1.165) is 22.4 Å². The van der Waals surface area contributed by atoms with Crippen molar-refractivity contribution in [3.63, 3.8) is 0 Å². The summed E-state index contributed by atoms with van der Waals surface area (Å²) in [6, 6.07) is 22.9. The van der Waals surface area contributed by atoms with Crippen molar-refractivity contribution in [3.8, 4) is 11.5 Å². The van der Waals surface area contributed by atoms with Gasteiger partial charge in [0, 0.05) is 6.54 Å². The summed E-state index contributed by atoms with van der Waals surface area (Å²) in [7, 11) is 5.20.